The number of fused-ring (bicyclic) bond motifs is 1. The minimum absolute atomic E-state index is 0.101. The third kappa shape index (κ3) is 3.58. The molecule has 1 aromatic rings. The second kappa shape index (κ2) is 6.08. The number of carbonyl (C=O) groups excluding carboxylic acids is 1. The number of benzene rings is 1. The van der Waals surface area contributed by atoms with Gasteiger partial charge in [-0.2, -0.15) is 0 Å². The highest BCUT2D eigenvalue weighted by molar-refractivity contribution is 5.97. The van der Waals surface area contributed by atoms with E-state index in [0.29, 0.717) is 11.5 Å². The van der Waals surface area contributed by atoms with Crippen LogP contribution in [0.1, 0.15) is 69.3 Å². The Bertz CT molecular complexity index is 534. The molecule has 0 radical (unpaired) electrons. The molecule has 1 atom stereocenters. The molecule has 1 aliphatic heterocycles. The summed E-state index contributed by atoms with van der Waals surface area (Å²) in [5.74, 6) is 1.44. The lowest BCUT2D eigenvalue weighted by atomic mass is 9.86. The van der Waals surface area contributed by atoms with Crippen LogP contribution in [0.3, 0.4) is 0 Å². The van der Waals surface area contributed by atoms with Crippen LogP contribution in [0.4, 0.5) is 0 Å². The number of hydrogen-bond acceptors (Lipinski definition) is 3. The Hall–Kier alpha value is -1.51. The van der Waals surface area contributed by atoms with Crippen molar-refractivity contribution in [3.8, 4) is 11.5 Å². The Kier molecular flexibility index (Phi) is 4.60. The van der Waals surface area contributed by atoms with E-state index in [1.807, 2.05) is 6.07 Å². The molecule has 3 nitrogen and oxygen atoms in total. The maximum absolute atomic E-state index is 11.5. The maximum atomic E-state index is 11.5. The number of phenols is 1. The van der Waals surface area contributed by atoms with Crippen LogP contribution in [0.2, 0.25) is 0 Å². The van der Waals surface area contributed by atoms with Crippen molar-refractivity contribution in [3.05, 3.63) is 23.3 Å². The van der Waals surface area contributed by atoms with Crippen LogP contribution in [0.5, 0.6) is 11.5 Å². The quantitative estimate of drug-likeness (QED) is 0.812. The molecule has 21 heavy (non-hydrogen) atoms. The summed E-state index contributed by atoms with van der Waals surface area (Å²) in [5, 5.41) is 10.2. The summed E-state index contributed by atoms with van der Waals surface area (Å²) in [6, 6.07) is 3.49. The number of rotatable bonds is 5. The van der Waals surface area contributed by atoms with Gasteiger partial charge in [0.25, 0.3) is 0 Å². The van der Waals surface area contributed by atoms with Gasteiger partial charge in [0.1, 0.15) is 17.1 Å². The van der Waals surface area contributed by atoms with Crippen LogP contribution < -0.4 is 4.74 Å². The lowest BCUT2D eigenvalue weighted by Gasteiger charge is -2.36. The van der Waals surface area contributed by atoms with Gasteiger partial charge in [0.2, 0.25) is 0 Å². The Balaban J connectivity index is 2.14. The summed E-state index contributed by atoms with van der Waals surface area (Å²) in [7, 11) is 0. The van der Waals surface area contributed by atoms with Gasteiger partial charge in [0.15, 0.2) is 5.78 Å². The fraction of sp³-hybridized carbons (Fsp3) is 0.611. The van der Waals surface area contributed by atoms with Crippen molar-refractivity contribution in [1.82, 2.24) is 0 Å². The Morgan fingerprint density at radius 3 is 2.76 bits per heavy atom. The van der Waals surface area contributed by atoms with Gasteiger partial charge in [0.05, 0.1) is 5.56 Å². The van der Waals surface area contributed by atoms with Gasteiger partial charge >= 0.3 is 0 Å². The summed E-state index contributed by atoms with van der Waals surface area (Å²) < 4.78 is 6.15. The van der Waals surface area contributed by atoms with E-state index in [9.17, 15) is 9.90 Å². The Morgan fingerprint density at radius 1 is 1.43 bits per heavy atom. The van der Waals surface area contributed by atoms with Crippen LogP contribution >= 0.6 is 0 Å². The van der Waals surface area contributed by atoms with E-state index >= 15 is 0 Å². The van der Waals surface area contributed by atoms with E-state index in [-0.39, 0.29) is 17.1 Å². The largest absolute Gasteiger partial charge is 0.507 e. The highest BCUT2D eigenvalue weighted by Crippen LogP contribution is 2.41. The first-order valence-electron chi connectivity index (χ1n) is 7.87. The van der Waals surface area contributed by atoms with Crippen LogP contribution in [-0.4, -0.2) is 16.5 Å². The molecule has 3 heteroatoms. The van der Waals surface area contributed by atoms with E-state index in [0.717, 1.165) is 37.0 Å². The fourth-order valence-corrected chi connectivity index (χ4v) is 3.01. The molecule has 0 bridgehead atoms. The number of ether oxygens (including phenoxy) is 1. The van der Waals surface area contributed by atoms with Crippen molar-refractivity contribution in [1.29, 1.82) is 0 Å². The van der Waals surface area contributed by atoms with Crippen LogP contribution in [0.25, 0.3) is 0 Å². The van der Waals surface area contributed by atoms with E-state index in [2.05, 4.69) is 20.8 Å². The standard InChI is InChI=1S/C18H26O3/c1-12(2)6-5-10-18(4)11-9-15-16(21-18)8-7-14(13(3)19)17(15)20/h7-8,12,20H,5-6,9-11H2,1-4H3. The molecule has 116 valence electrons. The van der Waals surface area contributed by atoms with Crippen molar-refractivity contribution in [2.75, 3.05) is 0 Å². The van der Waals surface area contributed by atoms with E-state index in [1.54, 1.807) is 6.07 Å². The minimum Gasteiger partial charge on any atom is -0.507 e. The van der Waals surface area contributed by atoms with Gasteiger partial charge in [-0.1, -0.05) is 20.3 Å². The van der Waals surface area contributed by atoms with Crippen LogP contribution in [-0.2, 0) is 6.42 Å². The molecule has 1 aliphatic rings. The summed E-state index contributed by atoms with van der Waals surface area (Å²) in [5.41, 5.74) is 1.01. The normalized spacial score (nSPS) is 21.0. The molecule has 0 spiro atoms. The highest BCUT2D eigenvalue weighted by Gasteiger charge is 2.33. The first-order valence-corrected chi connectivity index (χ1v) is 7.87. The number of aromatic hydroxyl groups is 1. The molecule has 0 saturated heterocycles. The van der Waals surface area contributed by atoms with Crippen molar-refractivity contribution >= 4 is 5.78 Å². The zero-order valence-corrected chi connectivity index (χ0v) is 13.5. The molecule has 1 unspecified atom stereocenters. The van der Waals surface area contributed by atoms with Crippen LogP contribution in [0.15, 0.2) is 12.1 Å². The number of hydrogen-bond donors (Lipinski definition) is 1. The molecule has 0 fully saturated rings. The lowest BCUT2D eigenvalue weighted by molar-refractivity contribution is 0.0520. The predicted octanol–water partition coefficient (Wildman–Crippen LogP) is 4.50. The molecular formula is C18H26O3. The van der Waals surface area contributed by atoms with Gasteiger partial charge in [-0.3, -0.25) is 4.79 Å². The average Bonchev–Trinajstić information content (AvgIpc) is 2.37. The number of carbonyl (C=O) groups is 1. The Labute approximate surface area is 127 Å². The zero-order chi connectivity index (χ0) is 15.6. The minimum atomic E-state index is -0.161. The molecule has 0 saturated carbocycles. The summed E-state index contributed by atoms with van der Waals surface area (Å²) in [6.45, 7) is 8.09. The van der Waals surface area contributed by atoms with Gasteiger partial charge in [-0.15, -0.1) is 0 Å². The van der Waals surface area contributed by atoms with E-state index in [4.69, 9.17) is 4.74 Å². The van der Waals surface area contributed by atoms with E-state index < -0.39 is 0 Å². The first kappa shape index (κ1) is 15.9. The summed E-state index contributed by atoms with van der Waals surface area (Å²) in [6.07, 6.45) is 5.04. The number of Topliss-reactive ketones (excluding diaryl/α,β-unsaturated/α-hetero) is 1. The summed E-state index contributed by atoms with van der Waals surface area (Å²) in [4.78, 5) is 11.5. The monoisotopic (exact) mass is 290 g/mol. The first-order chi connectivity index (χ1) is 9.82. The Morgan fingerprint density at radius 2 is 2.14 bits per heavy atom. The molecule has 0 amide bonds. The van der Waals surface area contributed by atoms with Gasteiger partial charge in [0, 0.05) is 5.56 Å². The second-order valence-electron chi connectivity index (χ2n) is 6.83. The fourth-order valence-electron chi connectivity index (χ4n) is 3.01. The maximum Gasteiger partial charge on any atom is 0.163 e. The summed E-state index contributed by atoms with van der Waals surface area (Å²) >= 11 is 0. The molecule has 0 aromatic heterocycles. The van der Waals surface area contributed by atoms with Crippen molar-refractivity contribution in [2.45, 2.75) is 65.4 Å². The van der Waals surface area contributed by atoms with Gasteiger partial charge < -0.3 is 9.84 Å². The smallest absolute Gasteiger partial charge is 0.163 e. The zero-order valence-electron chi connectivity index (χ0n) is 13.5. The molecule has 0 aliphatic carbocycles. The molecule has 1 aromatic carbocycles. The van der Waals surface area contributed by atoms with Crippen molar-refractivity contribution in [2.24, 2.45) is 5.92 Å². The van der Waals surface area contributed by atoms with Gasteiger partial charge in [-0.25, -0.2) is 0 Å². The topological polar surface area (TPSA) is 46.5 Å². The van der Waals surface area contributed by atoms with Crippen molar-refractivity contribution in [3.63, 3.8) is 0 Å². The average molecular weight is 290 g/mol. The van der Waals surface area contributed by atoms with Gasteiger partial charge in [-0.05, 0) is 57.6 Å². The van der Waals surface area contributed by atoms with E-state index in [1.165, 1.54) is 13.3 Å². The van der Waals surface area contributed by atoms with Crippen LogP contribution in [0, 0.1) is 5.92 Å². The molecule has 1 heterocycles. The molecule has 1 N–H and O–H groups in total. The lowest BCUT2D eigenvalue weighted by Crippen LogP contribution is -2.36. The highest BCUT2D eigenvalue weighted by atomic mass is 16.5. The van der Waals surface area contributed by atoms with Crippen molar-refractivity contribution < 1.29 is 14.6 Å². The second-order valence-corrected chi connectivity index (χ2v) is 6.83. The molecule has 2 rings (SSSR count). The molecular weight excluding hydrogens is 264 g/mol. The third-order valence-electron chi connectivity index (χ3n) is 4.37. The number of phenolic OH excluding ortho intramolecular Hbond substituents is 1. The number of ketones is 1. The predicted molar refractivity (Wildman–Crippen MR) is 84.2 cm³/mol. The SMILES string of the molecule is CC(=O)c1ccc2c(c1O)CCC(C)(CCCC(C)C)O2. The third-order valence-corrected chi connectivity index (χ3v) is 4.37.